The molecule has 0 atom stereocenters. The topological polar surface area (TPSA) is 63.2 Å². The molecule has 1 aliphatic carbocycles. The molecule has 6 heteroatoms. The quantitative estimate of drug-likeness (QED) is 0.187. The van der Waals surface area contributed by atoms with Crippen LogP contribution in [0.15, 0.2) is 103 Å². The van der Waals surface area contributed by atoms with E-state index in [-0.39, 0.29) is 32.1 Å². The molecule has 0 fully saturated rings. The van der Waals surface area contributed by atoms with Gasteiger partial charge in [-0.15, -0.1) is 0 Å². The first-order valence-corrected chi connectivity index (χ1v) is 13.2. The number of allylic oxidation sites excluding steroid dienone is 1. The van der Waals surface area contributed by atoms with Crippen molar-refractivity contribution < 1.29 is 9.59 Å². The molecule has 2 aliphatic rings. The zero-order valence-electron chi connectivity index (χ0n) is 18.9. The molecule has 7 rings (SSSR count). The van der Waals surface area contributed by atoms with Gasteiger partial charge in [-0.05, 0) is 10.8 Å². The first-order valence-electron chi connectivity index (χ1n) is 11.5. The molecule has 0 N–H and O–H groups in total. The van der Waals surface area contributed by atoms with Crippen molar-refractivity contribution in [3.8, 4) is 0 Å². The van der Waals surface area contributed by atoms with Gasteiger partial charge in [0, 0.05) is 0 Å². The summed E-state index contributed by atoms with van der Waals surface area (Å²) in [5.41, 5.74) is 2.87. The maximum absolute atomic E-state index is 13.1. The van der Waals surface area contributed by atoms with Gasteiger partial charge in [0.05, 0.1) is 0 Å². The second-order valence-corrected chi connectivity index (χ2v) is 10.9. The molecule has 0 bridgehead atoms. The number of pyridine rings is 2. The molecule has 2 aromatic heterocycles. The van der Waals surface area contributed by atoms with Gasteiger partial charge < -0.3 is 0 Å². The standard InChI is InChI=1S/C30H17N3O2Se/c34-28-21-15-19-6-1-2-7-20(19)16-22(21)29(35)23(28)14-18-11-12-27(32-17-18)33-24-8-3-4-9-25(24)36-26-10-5-13-31-30(26)33/h1-17H. The van der Waals surface area contributed by atoms with Crippen LogP contribution in [0.5, 0.6) is 0 Å². The van der Waals surface area contributed by atoms with E-state index in [9.17, 15) is 9.59 Å². The van der Waals surface area contributed by atoms with Crippen molar-refractivity contribution in [3.63, 3.8) is 0 Å². The Labute approximate surface area is 213 Å². The van der Waals surface area contributed by atoms with Crippen LogP contribution < -0.4 is 13.8 Å². The van der Waals surface area contributed by atoms with Crippen LogP contribution in [-0.4, -0.2) is 36.5 Å². The molecule has 0 saturated heterocycles. The molecule has 5 nitrogen and oxygen atoms in total. The van der Waals surface area contributed by atoms with Crippen LogP contribution in [0.3, 0.4) is 0 Å². The Kier molecular flexibility index (Phi) is 4.71. The predicted octanol–water partition coefficient (Wildman–Crippen LogP) is 4.53. The van der Waals surface area contributed by atoms with Crippen LogP contribution in [0.25, 0.3) is 16.8 Å². The summed E-state index contributed by atoms with van der Waals surface area (Å²) in [4.78, 5) is 37.7. The zero-order valence-corrected chi connectivity index (χ0v) is 20.6. The van der Waals surface area contributed by atoms with E-state index in [0.717, 1.165) is 28.1 Å². The number of para-hydroxylation sites is 1. The molecule has 0 unspecified atom stereocenters. The summed E-state index contributed by atoms with van der Waals surface area (Å²) in [6.07, 6.45) is 5.14. The number of rotatable bonds is 2. The molecular weight excluding hydrogens is 513 g/mol. The van der Waals surface area contributed by atoms with Crippen LogP contribution >= 0.6 is 0 Å². The van der Waals surface area contributed by atoms with Gasteiger partial charge in [0.1, 0.15) is 0 Å². The number of hydrogen-bond acceptors (Lipinski definition) is 5. The van der Waals surface area contributed by atoms with Gasteiger partial charge in [0.25, 0.3) is 0 Å². The molecule has 0 spiro atoms. The Bertz CT molecular complexity index is 1660. The molecule has 5 aromatic rings. The van der Waals surface area contributed by atoms with Crippen molar-refractivity contribution >= 4 is 69.6 Å². The zero-order chi connectivity index (χ0) is 24.2. The van der Waals surface area contributed by atoms with Gasteiger partial charge in [-0.3, -0.25) is 0 Å². The summed E-state index contributed by atoms with van der Waals surface area (Å²) in [6.45, 7) is 0. The number of benzene rings is 3. The number of Topliss-reactive ketones (excluding diaryl/α,β-unsaturated/α-hetero) is 2. The molecular formula is C30H17N3O2Se. The van der Waals surface area contributed by atoms with E-state index in [0.29, 0.717) is 16.7 Å². The minimum atomic E-state index is -0.241. The molecule has 3 aromatic carbocycles. The number of carbonyl (C=O) groups is 2. The fourth-order valence-electron chi connectivity index (χ4n) is 4.74. The van der Waals surface area contributed by atoms with E-state index in [2.05, 4.69) is 34.1 Å². The summed E-state index contributed by atoms with van der Waals surface area (Å²) < 4.78 is 2.47. The third-order valence-electron chi connectivity index (χ3n) is 6.46. The first kappa shape index (κ1) is 20.9. The van der Waals surface area contributed by atoms with Gasteiger partial charge in [0.15, 0.2) is 0 Å². The summed E-state index contributed by atoms with van der Waals surface area (Å²) in [5, 5.41) is 1.89. The average Bonchev–Trinajstić information content (AvgIpc) is 3.15. The molecule has 0 radical (unpaired) electrons. The van der Waals surface area contributed by atoms with E-state index < -0.39 is 0 Å². The van der Waals surface area contributed by atoms with Crippen LogP contribution in [0.4, 0.5) is 17.3 Å². The number of ketones is 2. The molecule has 170 valence electrons. The second-order valence-electron chi connectivity index (χ2n) is 8.64. The molecule has 36 heavy (non-hydrogen) atoms. The molecule has 0 amide bonds. The SMILES string of the molecule is O=C1C(=Cc2ccc(N3c4ccccc4[Se]c4cccnc43)nc2)C(=O)c2cc3ccccc3cc21. The van der Waals surface area contributed by atoms with E-state index in [4.69, 9.17) is 4.98 Å². The monoisotopic (exact) mass is 531 g/mol. The Hall–Kier alpha value is -4.38. The second kappa shape index (κ2) is 8.09. The number of fused-ring (bicyclic) bond motifs is 4. The summed E-state index contributed by atoms with van der Waals surface area (Å²) in [6, 6.07) is 27.6. The minimum absolute atomic E-state index is 0.171. The van der Waals surface area contributed by atoms with Crippen molar-refractivity contribution in [3.05, 3.63) is 120 Å². The van der Waals surface area contributed by atoms with Gasteiger partial charge in [-0.2, -0.15) is 0 Å². The van der Waals surface area contributed by atoms with E-state index in [1.54, 1.807) is 18.5 Å². The normalized spacial score (nSPS) is 14.0. The Morgan fingerprint density at radius 2 is 1.42 bits per heavy atom. The van der Waals surface area contributed by atoms with Gasteiger partial charge >= 0.3 is 179 Å². The summed E-state index contributed by atoms with van der Waals surface area (Å²) in [7, 11) is 0. The molecule has 1 aliphatic heterocycles. The van der Waals surface area contributed by atoms with Crippen LogP contribution in [0.2, 0.25) is 0 Å². The van der Waals surface area contributed by atoms with Crippen molar-refractivity contribution in [1.82, 2.24) is 9.97 Å². The third kappa shape index (κ3) is 3.23. The van der Waals surface area contributed by atoms with Crippen molar-refractivity contribution in [1.29, 1.82) is 0 Å². The predicted molar refractivity (Wildman–Crippen MR) is 142 cm³/mol. The number of carbonyl (C=O) groups excluding carboxylic acids is 2. The summed E-state index contributed by atoms with van der Waals surface area (Å²) in [5.74, 6) is 1.14. The number of aromatic nitrogens is 2. The van der Waals surface area contributed by atoms with Crippen LogP contribution in [-0.2, 0) is 0 Å². The van der Waals surface area contributed by atoms with Crippen molar-refractivity contribution in [2.75, 3.05) is 4.90 Å². The fourth-order valence-corrected chi connectivity index (χ4v) is 6.90. The van der Waals surface area contributed by atoms with Crippen LogP contribution in [0.1, 0.15) is 26.3 Å². The Balaban J connectivity index is 1.26. The van der Waals surface area contributed by atoms with E-state index in [1.807, 2.05) is 60.7 Å². The number of anilines is 3. The van der Waals surface area contributed by atoms with Gasteiger partial charge in [-0.1, -0.05) is 24.3 Å². The molecule has 0 saturated carbocycles. The van der Waals surface area contributed by atoms with E-state index >= 15 is 0 Å². The van der Waals surface area contributed by atoms with Crippen LogP contribution in [0, 0.1) is 0 Å². The van der Waals surface area contributed by atoms with Crippen molar-refractivity contribution in [2.24, 2.45) is 0 Å². The van der Waals surface area contributed by atoms with Gasteiger partial charge in [0.2, 0.25) is 0 Å². The average molecular weight is 530 g/mol. The van der Waals surface area contributed by atoms with E-state index in [1.165, 1.54) is 8.92 Å². The summed E-state index contributed by atoms with van der Waals surface area (Å²) >= 11 is 0.171. The first-order chi connectivity index (χ1) is 17.7. The number of nitrogens with zero attached hydrogens (tertiary/aromatic N) is 3. The third-order valence-corrected chi connectivity index (χ3v) is 8.78. The Morgan fingerprint density at radius 3 is 2.14 bits per heavy atom. The Morgan fingerprint density at radius 1 is 0.722 bits per heavy atom. The van der Waals surface area contributed by atoms with Crippen molar-refractivity contribution in [2.45, 2.75) is 0 Å². The fraction of sp³-hybridized carbons (Fsp3) is 0. The maximum atomic E-state index is 13.1. The van der Waals surface area contributed by atoms with Gasteiger partial charge in [-0.25, -0.2) is 0 Å². The molecule has 3 heterocycles. The number of hydrogen-bond donors (Lipinski definition) is 0.